The van der Waals surface area contributed by atoms with E-state index in [2.05, 4.69) is 30.3 Å². The minimum atomic E-state index is -0.385. The van der Waals surface area contributed by atoms with Gasteiger partial charge in [0.05, 0.1) is 18.9 Å². The highest BCUT2D eigenvalue weighted by molar-refractivity contribution is 5.65. The average molecular weight is 392 g/mol. The van der Waals surface area contributed by atoms with E-state index in [0.717, 1.165) is 29.9 Å². The third-order valence-electron chi connectivity index (χ3n) is 5.24. The van der Waals surface area contributed by atoms with Crippen LogP contribution in [0.2, 0.25) is 0 Å². The maximum absolute atomic E-state index is 14.0. The maximum Gasteiger partial charge on any atom is 0.252 e. The molecule has 0 unspecified atom stereocenters. The van der Waals surface area contributed by atoms with Gasteiger partial charge >= 0.3 is 0 Å². The number of hydrogen-bond acceptors (Lipinski definition) is 4. The number of benzene rings is 2. The van der Waals surface area contributed by atoms with E-state index >= 15 is 0 Å². The number of aliphatic imine (C=N–C) groups is 1. The Morgan fingerprint density at radius 2 is 1.79 bits per heavy atom. The van der Waals surface area contributed by atoms with Crippen LogP contribution < -0.4 is 0 Å². The second-order valence-corrected chi connectivity index (χ2v) is 7.54. The standard InChI is InChI=1S/C23H23FN3O2/c1-23(2,18-9-7-17(8-10-18)19-5-3-4-6-20(19)24)21-15-22(29-26-21)25-16-27-11-13-28-14-12-27/h3-10,15H,11-14H2,1-2H3. The van der Waals surface area contributed by atoms with Crippen LogP contribution >= 0.6 is 0 Å². The molecule has 1 aromatic heterocycles. The van der Waals surface area contributed by atoms with Gasteiger partial charge in [-0.25, -0.2) is 4.39 Å². The van der Waals surface area contributed by atoms with Crippen LogP contribution in [0, 0.1) is 5.82 Å². The van der Waals surface area contributed by atoms with Crippen molar-refractivity contribution in [1.82, 2.24) is 10.1 Å². The summed E-state index contributed by atoms with van der Waals surface area (Å²) in [5, 5.41) is 4.21. The van der Waals surface area contributed by atoms with Crippen molar-refractivity contribution in [3.63, 3.8) is 0 Å². The van der Waals surface area contributed by atoms with Gasteiger partial charge in [-0.3, -0.25) is 0 Å². The fourth-order valence-electron chi connectivity index (χ4n) is 3.31. The number of nitrogens with zero attached hydrogens (tertiary/aromatic N) is 3. The molecule has 0 aliphatic carbocycles. The summed E-state index contributed by atoms with van der Waals surface area (Å²) in [5.74, 6) is 0.192. The lowest BCUT2D eigenvalue weighted by molar-refractivity contribution is 0.0700. The van der Waals surface area contributed by atoms with Gasteiger partial charge in [0, 0.05) is 30.1 Å². The summed E-state index contributed by atoms with van der Waals surface area (Å²) in [6.07, 6.45) is 2.98. The molecule has 1 fully saturated rings. The molecule has 0 amide bonds. The summed E-state index contributed by atoms with van der Waals surface area (Å²) in [6, 6.07) is 16.5. The Balaban J connectivity index is 1.51. The van der Waals surface area contributed by atoms with E-state index < -0.39 is 0 Å². The first-order chi connectivity index (χ1) is 14.0. The van der Waals surface area contributed by atoms with E-state index in [1.807, 2.05) is 41.3 Å². The third-order valence-corrected chi connectivity index (χ3v) is 5.24. The number of rotatable bonds is 5. The second kappa shape index (κ2) is 8.17. The zero-order valence-corrected chi connectivity index (χ0v) is 16.6. The molecular formula is C23H23FN3O2. The van der Waals surface area contributed by atoms with Gasteiger partial charge in [0.1, 0.15) is 5.82 Å². The molecule has 29 heavy (non-hydrogen) atoms. The minimum Gasteiger partial charge on any atom is -0.378 e. The summed E-state index contributed by atoms with van der Waals surface area (Å²) in [7, 11) is 0. The number of morpholine rings is 1. The molecule has 1 aliphatic rings. The van der Waals surface area contributed by atoms with Gasteiger partial charge < -0.3 is 14.2 Å². The summed E-state index contributed by atoms with van der Waals surface area (Å²) in [5.41, 5.74) is 2.88. The zero-order valence-electron chi connectivity index (χ0n) is 16.6. The molecule has 5 nitrogen and oxygen atoms in total. The van der Waals surface area contributed by atoms with Gasteiger partial charge in [0.25, 0.3) is 5.88 Å². The van der Waals surface area contributed by atoms with Crippen LogP contribution in [0.1, 0.15) is 25.1 Å². The number of hydrogen-bond donors (Lipinski definition) is 0. The highest BCUT2D eigenvalue weighted by Gasteiger charge is 2.27. The van der Waals surface area contributed by atoms with Gasteiger partial charge in [-0.2, -0.15) is 4.99 Å². The Hall–Kier alpha value is -2.99. The van der Waals surface area contributed by atoms with E-state index in [4.69, 9.17) is 9.26 Å². The lowest BCUT2D eigenvalue weighted by Crippen LogP contribution is -2.34. The fraction of sp³-hybridized carbons (Fsp3) is 0.304. The molecule has 3 aromatic rings. The lowest BCUT2D eigenvalue weighted by Gasteiger charge is -2.23. The van der Waals surface area contributed by atoms with Crippen molar-refractivity contribution in [2.24, 2.45) is 4.99 Å². The van der Waals surface area contributed by atoms with Gasteiger partial charge in [0.15, 0.2) is 6.34 Å². The van der Waals surface area contributed by atoms with E-state index in [1.165, 1.54) is 6.07 Å². The second-order valence-electron chi connectivity index (χ2n) is 7.54. The van der Waals surface area contributed by atoms with E-state index in [0.29, 0.717) is 24.7 Å². The Morgan fingerprint density at radius 3 is 2.52 bits per heavy atom. The van der Waals surface area contributed by atoms with Crippen LogP contribution in [0.5, 0.6) is 0 Å². The van der Waals surface area contributed by atoms with Gasteiger partial charge in [-0.05, 0) is 17.2 Å². The summed E-state index contributed by atoms with van der Waals surface area (Å²) in [6.45, 7) is 7.04. The third kappa shape index (κ3) is 4.22. The normalized spacial score (nSPS) is 15.2. The smallest absolute Gasteiger partial charge is 0.252 e. The van der Waals surface area contributed by atoms with Gasteiger partial charge in [0.2, 0.25) is 0 Å². The van der Waals surface area contributed by atoms with Crippen molar-refractivity contribution >= 4 is 12.2 Å². The first-order valence-electron chi connectivity index (χ1n) is 9.66. The quantitative estimate of drug-likeness (QED) is 0.467. The Morgan fingerprint density at radius 1 is 1.07 bits per heavy atom. The highest BCUT2D eigenvalue weighted by atomic mass is 19.1. The molecule has 0 spiro atoms. The van der Waals surface area contributed by atoms with Crippen LogP contribution in [0.3, 0.4) is 0 Å². The first kappa shape index (κ1) is 19.3. The Kier molecular flexibility index (Phi) is 5.45. The first-order valence-corrected chi connectivity index (χ1v) is 9.66. The molecule has 0 N–H and O–H groups in total. The van der Waals surface area contributed by atoms with Crippen molar-refractivity contribution in [3.8, 4) is 11.1 Å². The van der Waals surface area contributed by atoms with Crippen molar-refractivity contribution in [3.05, 3.63) is 71.7 Å². The molecule has 4 rings (SSSR count). The summed E-state index contributed by atoms with van der Waals surface area (Å²) < 4.78 is 24.7. The fourth-order valence-corrected chi connectivity index (χ4v) is 3.31. The van der Waals surface area contributed by atoms with Gasteiger partial charge in [-0.1, -0.05) is 61.5 Å². The summed E-state index contributed by atoms with van der Waals surface area (Å²) >= 11 is 0. The average Bonchev–Trinajstić information content (AvgIpc) is 3.24. The largest absolute Gasteiger partial charge is 0.378 e. The molecule has 1 aliphatic heterocycles. The highest BCUT2D eigenvalue weighted by Crippen LogP contribution is 2.34. The van der Waals surface area contributed by atoms with E-state index in [-0.39, 0.29) is 11.2 Å². The molecule has 0 bridgehead atoms. The van der Waals surface area contributed by atoms with Crippen LogP contribution in [0.15, 0.2) is 64.1 Å². The van der Waals surface area contributed by atoms with E-state index in [1.54, 1.807) is 12.1 Å². The molecule has 2 heterocycles. The molecule has 0 saturated carbocycles. The van der Waals surface area contributed by atoms with Crippen molar-refractivity contribution in [2.45, 2.75) is 19.3 Å². The van der Waals surface area contributed by atoms with Crippen LogP contribution in [-0.2, 0) is 10.2 Å². The molecule has 1 radical (unpaired) electrons. The lowest BCUT2D eigenvalue weighted by atomic mass is 9.81. The Bertz CT molecular complexity index is 989. The topological polar surface area (TPSA) is 50.9 Å². The van der Waals surface area contributed by atoms with Crippen LogP contribution in [0.25, 0.3) is 11.1 Å². The molecule has 6 heteroatoms. The SMILES string of the molecule is CC(C)(c1ccc(-c2ccccc2F)cc1)c1cc(N=[C]N2CCOCC2)on1. The Labute approximate surface area is 169 Å². The monoisotopic (exact) mass is 392 g/mol. The summed E-state index contributed by atoms with van der Waals surface area (Å²) in [4.78, 5) is 6.24. The molecule has 0 atom stereocenters. The molecular weight excluding hydrogens is 369 g/mol. The van der Waals surface area contributed by atoms with Crippen molar-refractivity contribution < 1.29 is 13.7 Å². The van der Waals surface area contributed by atoms with Crippen molar-refractivity contribution in [2.75, 3.05) is 26.3 Å². The molecule has 2 aromatic carbocycles. The van der Waals surface area contributed by atoms with E-state index in [9.17, 15) is 4.39 Å². The van der Waals surface area contributed by atoms with Crippen LogP contribution in [-0.4, -0.2) is 42.7 Å². The number of halogens is 1. The predicted octanol–water partition coefficient (Wildman–Crippen LogP) is 4.68. The number of aromatic nitrogens is 1. The van der Waals surface area contributed by atoms with Gasteiger partial charge in [-0.15, -0.1) is 0 Å². The van der Waals surface area contributed by atoms with Crippen LogP contribution in [0.4, 0.5) is 10.3 Å². The zero-order chi connectivity index (χ0) is 20.3. The van der Waals surface area contributed by atoms with Crippen molar-refractivity contribution in [1.29, 1.82) is 0 Å². The molecule has 149 valence electrons. The number of ether oxygens (including phenoxy) is 1. The maximum atomic E-state index is 14.0. The minimum absolute atomic E-state index is 0.227. The predicted molar refractivity (Wildman–Crippen MR) is 110 cm³/mol. The molecule has 1 saturated heterocycles.